The molecule has 0 aliphatic carbocycles. The third-order valence-electron chi connectivity index (χ3n) is 1.43. The maximum atomic E-state index is 9.86. The second-order valence-corrected chi connectivity index (χ2v) is 2.43. The minimum Gasteiger partial charge on any atom is -0.299 e. The Bertz CT molecular complexity index is 74.5. The van der Waals surface area contributed by atoms with Gasteiger partial charge in [-0.1, -0.05) is 20.8 Å². The molecule has 1 heteroatoms. The van der Waals surface area contributed by atoms with Crippen LogP contribution in [0.2, 0.25) is 0 Å². The molecule has 0 amide bonds. The van der Waals surface area contributed by atoms with Gasteiger partial charge in [0.15, 0.2) is 0 Å². The standard InChI is InChI=1S/C7H13O/c1-6(2)7(3)4-5-8/h4-7H,1-3H3/b5-4+. The summed E-state index contributed by atoms with van der Waals surface area (Å²) in [6.07, 6.45) is 2.55. The van der Waals surface area contributed by atoms with Crippen LogP contribution in [0.5, 0.6) is 0 Å². The van der Waals surface area contributed by atoms with Crippen LogP contribution in [0.4, 0.5) is 0 Å². The van der Waals surface area contributed by atoms with Gasteiger partial charge < -0.3 is 0 Å². The van der Waals surface area contributed by atoms with E-state index in [4.69, 9.17) is 0 Å². The Labute approximate surface area is 51.0 Å². The van der Waals surface area contributed by atoms with Gasteiger partial charge in [0.25, 0.3) is 0 Å². The van der Waals surface area contributed by atoms with Crippen molar-refractivity contribution in [1.82, 2.24) is 0 Å². The molecule has 1 atom stereocenters. The zero-order chi connectivity index (χ0) is 6.57. The molecule has 1 radical (unpaired) electrons. The molecule has 47 valence electrons. The van der Waals surface area contributed by atoms with Gasteiger partial charge in [-0.15, -0.1) is 0 Å². The molecule has 1 unspecified atom stereocenters. The molecule has 0 saturated carbocycles. The van der Waals surface area contributed by atoms with Gasteiger partial charge in [-0.3, -0.25) is 5.11 Å². The molecule has 0 heterocycles. The van der Waals surface area contributed by atoms with Crippen LogP contribution in [0.3, 0.4) is 0 Å². The van der Waals surface area contributed by atoms with Gasteiger partial charge in [-0.25, -0.2) is 0 Å². The first-order valence-electron chi connectivity index (χ1n) is 2.97. The molecule has 0 saturated heterocycles. The van der Waals surface area contributed by atoms with Gasteiger partial charge in [0.1, 0.15) is 6.26 Å². The van der Waals surface area contributed by atoms with Crippen LogP contribution in [0.15, 0.2) is 12.3 Å². The summed E-state index contributed by atoms with van der Waals surface area (Å²) in [5, 5.41) is 9.86. The number of hydrogen-bond donors (Lipinski definition) is 0. The van der Waals surface area contributed by atoms with Crippen molar-refractivity contribution in [2.45, 2.75) is 20.8 Å². The molecule has 8 heavy (non-hydrogen) atoms. The van der Waals surface area contributed by atoms with Crippen LogP contribution in [0.1, 0.15) is 20.8 Å². The molecular weight excluding hydrogens is 100 g/mol. The fourth-order valence-corrected chi connectivity index (χ4v) is 0.346. The first kappa shape index (κ1) is 7.54. The van der Waals surface area contributed by atoms with Crippen molar-refractivity contribution in [2.24, 2.45) is 11.8 Å². The number of allylic oxidation sites excluding steroid dienone is 1. The highest BCUT2D eigenvalue weighted by atomic mass is 16.2. The van der Waals surface area contributed by atoms with Crippen molar-refractivity contribution in [1.29, 1.82) is 0 Å². The van der Waals surface area contributed by atoms with Crippen molar-refractivity contribution in [2.75, 3.05) is 0 Å². The van der Waals surface area contributed by atoms with Crippen LogP contribution in [-0.4, -0.2) is 0 Å². The predicted molar refractivity (Wildman–Crippen MR) is 33.8 cm³/mol. The maximum absolute atomic E-state index is 9.86. The summed E-state index contributed by atoms with van der Waals surface area (Å²) in [6, 6.07) is 0. The monoisotopic (exact) mass is 113 g/mol. The molecule has 0 aliphatic rings. The van der Waals surface area contributed by atoms with E-state index in [1.54, 1.807) is 6.08 Å². The molecule has 0 aromatic carbocycles. The second kappa shape index (κ2) is 3.53. The van der Waals surface area contributed by atoms with E-state index in [1.807, 2.05) is 6.92 Å². The van der Waals surface area contributed by atoms with E-state index in [9.17, 15) is 5.11 Å². The smallest absolute Gasteiger partial charge is 0.139 e. The Balaban J connectivity index is 3.47. The average molecular weight is 113 g/mol. The van der Waals surface area contributed by atoms with Gasteiger partial charge in [-0.2, -0.15) is 0 Å². The van der Waals surface area contributed by atoms with Crippen LogP contribution < -0.4 is 0 Å². The first-order valence-corrected chi connectivity index (χ1v) is 2.97. The van der Waals surface area contributed by atoms with Gasteiger partial charge in [-0.05, 0) is 17.9 Å². The summed E-state index contributed by atoms with van der Waals surface area (Å²) < 4.78 is 0. The van der Waals surface area contributed by atoms with Crippen molar-refractivity contribution in [3.05, 3.63) is 12.3 Å². The highest BCUT2D eigenvalue weighted by Gasteiger charge is 2.00. The molecule has 0 aliphatic heterocycles. The molecular formula is C7H13O. The van der Waals surface area contributed by atoms with Crippen LogP contribution in [0, 0.1) is 11.8 Å². The van der Waals surface area contributed by atoms with Gasteiger partial charge >= 0.3 is 0 Å². The van der Waals surface area contributed by atoms with Crippen molar-refractivity contribution >= 4 is 0 Å². The normalized spacial score (nSPS) is 15.5. The molecule has 0 aromatic heterocycles. The van der Waals surface area contributed by atoms with Crippen molar-refractivity contribution in [3.63, 3.8) is 0 Å². The lowest BCUT2D eigenvalue weighted by Crippen LogP contribution is -1.98. The minimum absolute atomic E-state index is 0.424. The summed E-state index contributed by atoms with van der Waals surface area (Å²) >= 11 is 0. The van der Waals surface area contributed by atoms with E-state index >= 15 is 0 Å². The lowest BCUT2D eigenvalue weighted by Gasteiger charge is -2.07. The highest BCUT2D eigenvalue weighted by molar-refractivity contribution is 4.80. The summed E-state index contributed by atoms with van der Waals surface area (Å²) in [6.45, 7) is 6.24. The van der Waals surface area contributed by atoms with E-state index in [0.29, 0.717) is 11.8 Å². The Morgan fingerprint density at radius 3 is 1.88 bits per heavy atom. The molecule has 0 N–H and O–H groups in total. The van der Waals surface area contributed by atoms with Crippen LogP contribution in [0.25, 0.3) is 0 Å². The highest BCUT2D eigenvalue weighted by Crippen LogP contribution is 2.09. The van der Waals surface area contributed by atoms with Crippen molar-refractivity contribution in [3.8, 4) is 0 Å². The third kappa shape index (κ3) is 2.67. The fourth-order valence-electron chi connectivity index (χ4n) is 0.346. The maximum Gasteiger partial charge on any atom is 0.139 e. The Hall–Kier alpha value is -0.460. The van der Waals surface area contributed by atoms with Crippen LogP contribution >= 0.6 is 0 Å². The molecule has 0 rings (SSSR count). The zero-order valence-corrected chi connectivity index (χ0v) is 5.72. The van der Waals surface area contributed by atoms with Gasteiger partial charge in [0.2, 0.25) is 0 Å². The quantitative estimate of drug-likeness (QED) is 0.489. The van der Waals surface area contributed by atoms with E-state index in [1.165, 1.54) is 0 Å². The number of hydrogen-bond acceptors (Lipinski definition) is 0. The summed E-state index contributed by atoms with van der Waals surface area (Å²) in [5.74, 6) is 1.01. The Morgan fingerprint density at radius 2 is 1.75 bits per heavy atom. The van der Waals surface area contributed by atoms with E-state index in [2.05, 4.69) is 13.8 Å². The molecule has 0 aromatic rings. The lowest BCUT2D eigenvalue weighted by atomic mass is 9.99. The number of rotatable bonds is 2. The predicted octanol–water partition coefficient (Wildman–Crippen LogP) is 2.22. The average Bonchev–Trinajstić information content (AvgIpc) is 1.67. The molecule has 0 spiro atoms. The Morgan fingerprint density at radius 1 is 1.25 bits per heavy atom. The Kier molecular flexibility index (Phi) is 3.33. The van der Waals surface area contributed by atoms with E-state index < -0.39 is 0 Å². The zero-order valence-electron chi connectivity index (χ0n) is 5.72. The van der Waals surface area contributed by atoms with Gasteiger partial charge in [0.05, 0.1) is 0 Å². The van der Waals surface area contributed by atoms with Crippen LogP contribution in [-0.2, 0) is 5.11 Å². The molecule has 0 fully saturated rings. The topological polar surface area (TPSA) is 19.9 Å². The summed E-state index contributed by atoms with van der Waals surface area (Å²) in [4.78, 5) is 0. The largest absolute Gasteiger partial charge is 0.299 e. The van der Waals surface area contributed by atoms with E-state index in [0.717, 1.165) is 6.26 Å². The molecule has 1 nitrogen and oxygen atoms in total. The third-order valence-corrected chi connectivity index (χ3v) is 1.43. The minimum atomic E-state index is 0.424. The second-order valence-electron chi connectivity index (χ2n) is 2.43. The van der Waals surface area contributed by atoms with E-state index in [-0.39, 0.29) is 0 Å². The van der Waals surface area contributed by atoms with Crippen molar-refractivity contribution < 1.29 is 5.11 Å². The fraction of sp³-hybridized carbons (Fsp3) is 0.714. The summed E-state index contributed by atoms with van der Waals surface area (Å²) in [5.41, 5.74) is 0. The van der Waals surface area contributed by atoms with Gasteiger partial charge in [0, 0.05) is 0 Å². The lowest BCUT2D eigenvalue weighted by molar-refractivity contribution is 0.342. The SMILES string of the molecule is CC(C)C(C)/C=C/[O]. The molecule has 0 bridgehead atoms. The summed E-state index contributed by atoms with van der Waals surface area (Å²) in [7, 11) is 0. The first-order chi connectivity index (χ1) is 3.68.